The average Bonchev–Trinajstić information content (AvgIpc) is 2.37. The predicted octanol–water partition coefficient (Wildman–Crippen LogP) is 3.53. The summed E-state index contributed by atoms with van der Waals surface area (Å²) in [6.07, 6.45) is 3.71. The molecule has 0 fully saturated rings. The van der Waals surface area contributed by atoms with Crippen LogP contribution in [0.15, 0.2) is 18.2 Å². The third-order valence-electron chi connectivity index (χ3n) is 3.75. The smallest absolute Gasteiger partial charge is 0.0610 e. The van der Waals surface area contributed by atoms with Gasteiger partial charge in [-0.25, -0.2) is 0 Å². The highest BCUT2D eigenvalue weighted by atomic mass is 15.1. The molecule has 1 aromatic carbocycles. The fraction of sp³-hybridized carbons (Fsp3) is 0.600. The van der Waals surface area contributed by atoms with E-state index >= 15 is 0 Å². The van der Waals surface area contributed by atoms with Crippen molar-refractivity contribution in [1.82, 2.24) is 0 Å². The number of nitrogens with zero attached hydrogens (tertiary/aromatic N) is 1. The van der Waals surface area contributed by atoms with Crippen LogP contribution >= 0.6 is 0 Å². The summed E-state index contributed by atoms with van der Waals surface area (Å²) in [7, 11) is 2.21. The Morgan fingerprint density at radius 3 is 3.00 bits per heavy atom. The summed E-state index contributed by atoms with van der Waals surface area (Å²) in [6.45, 7) is 6.83. The van der Waals surface area contributed by atoms with Gasteiger partial charge in [-0.15, -0.1) is 0 Å². The van der Waals surface area contributed by atoms with Gasteiger partial charge in [0.05, 0.1) is 11.4 Å². The van der Waals surface area contributed by atoms with Crippen molar-refractivity contribution in [2.75, 3.05) is 30.4 Å². The number of benzene rings is 1. The summed E-state index contributed by atoms with van der Waals surface area (Å²) in [5.41, 5.74) is 4.21. The summed E-state index contributed by atoms with van der Waals surface area (Å²) in [5, 5.41) is 3.56. The Balaban J connectivity index is 2.20. The summed E-state index contributed by atoms with van der Waals surface area (Å²) >= 11 is 0. The van der Waals surface area contributed by atoms with E-state index in [0.717, 1.165) is 19.0 Å². The standard InChI is InChI=1S/C15H24N2/c1-4-12(2)11-17(3)14-9-5-7-13-8-6-10-16-15(13)14/h5,7,9,12,16H,4,6,8,10-11H2,1-3H3. The Kier molecular flexibility index (Phi) is 3.93. The van der Waals surface area contributed by atoms with Crippen molar-refractivity contribution >= 4 is 11.4 Å². The maximum absolute atomic E-state index is 3.56. The second-order valence-corrected chi connectivity index (χ2v) is 5.24. The first kappa shape index (κ1) is 12.3. The number of fused-ring (bicyclic) bond motifs is 1. The summed E-state index contributed by atoms with van der Waals surface area (Å²) in [6, 6.07) is 6.68. The molecule has 1 atom stereocenters. The van der Waals surface area contributed by atoms with Crippen molar-refractivity contribution in [1.29, 1.82) is 0 Å². The highest BCUT2D eigenvalue weighted by Gasteiger charge is 2.15. The van der Waals surface area contributed by atoms with Crippen LogP contribution in [0.3, 0.4) is 0 Å². The third kappa shape index (κ3) is 2.74. The molecule has 1 aromatic rings. The zero-order chi connectivity index (χ0) is 12.3. The molecule has 0 radical (unpaired) electrons. The SMILES string of the molecule is CCC(C)CN(C)c1cccc2c1NCCC2. The van der Waals surface area contributed by atoms with E-state index in [0.29, 0.717) is 0 Å². The largest absolute Gasteiger partial charge is 0.383 e. The minimum atomic E-state index is 0.749. The lowest BCUT2D eigenvalue weighted by Gasteiger charge is -2.29. The Bertz CT molecular complexity index is 373. The molecule has 0 aromatic heterocycles. The predicted molar refractivity (Wildman–Crippen MR) is 76.0 cm³/mol. The van der Waals surface area contributed by atoms with Crippen LogP contribution in [0.25, 0.3) is 0 Å². The molecule has 1 aliphatic rings. The number of rotatable bonds is 4. The van der Waals surface area contributed by atoms with Gasteiger partial charge in [0.1, 0.15) is 0 Å². The highest BCUT2D eigenvalue weighted by molar-refractivity contribution is 5.74. The molecule has 0 spiro atoms. The van der Waals surface area contributed by atoms with Gasteiger partial charge < -0.3 is 10.2 Å². The van der Waals surface area contributed by atoms with E-state index in [2.05, 4.69) is 49.3 Å². The van der Waals surface area contributed by atoms with Crippen LogP contribution in [-0.2, 0) is 6.42 Å². The van der Waals surface area contributed by atoms with Crippen molar-refractivity contribution < 1.29 is 0 Å². The number of nitrogens with one attached hydrogen (secondary N) is 1. The van der Waals surface area contributed by atoms with E-state index in [9.17, 15) is 0 Å². The van der Waals surface area contributed by atoms with E-state index < -0.39 is 0 Å². The van der Waals surface area contributed by atoms with E-state index in [1.54, 1.807) is 0 Å². The van der Waals surface area contributed by atoms with Crippen LogP contribution in [0.5, 0.6) is 0 Å². The van der Waals surface area contributed by atoms with E-state index in [4.69, 9.17) is 0 Å². The van der Waals surface area contributed by atoms with Gasteiger partial charge in [0.25, 0.3) is 0 Å². The monoisotopic (exact) mass is 232 g/mol. The highest BCUT2D eigenvalue weighted by Crippen LogP contribution is 2.32. The van der Waals surface area contributed by atoms with Crippen LogP contribution in [0, 0.1) is 5.92 Å². The van der Waals surface area contributed by atoms with Crippen LogP contribution in [0.1, 0.15) is 32.3 Å². The van der Waals surface area contributed by atoms with Crippen molar-refractivity contribution in [3.8, 4) is 0 Å². The summed E-state index contributed by atoms with van der Waals surface area (Å²) in [5.74, 6) is 0.749. The van der Waals surface area contributed by atoms with Gasteiger partial charge in [-0.1, -0.05) is 32.4 Å². The number of anilines is 2. The maximum atomic E-state index is 3.56. The van der Waals surface area contributed by atoms with Gasteiger partial charge in [-0.2, -0.15) is 0 Å². The maximum Gasteiger partial charge on any atom is 0.0610 e. The van der Waals surface area contributed by atoms with E-state index in [-0.39, 0.29) is 0 Å². The number of aryl methyl sites for hydroxylation is 1. The van der Waals surface area contributed by atoms with Crippen molar-refractivity contribution in [3.63, 3.8) is 0 Å². The molecular weight excluding hydrogens is 208 g/mol. The number of hydrogen-bond donors (Lipinski definition) is 1. The van der Waals surface area contributed by atoms with Gasteiger partial charge in [-0.05, 0) is 30.4 Å². The number of para-hydroxylation sites is 1. The molecule has 94 valence electrons. The molecule has 0 aliphatic carbocycles. The molecular formula is C15H24N2. The fourth-order valence-corrected chi connectivity index (χ4v) is 2.50. The van der Waals surface area contributed by atoms with Gasteiger partial charge in [0.15, 0.2) is 0 Å². The molecule has 1 heterocycles. The summed E-state index contributed by atoms with van der Waals surface area (Å²) < 4.78 is 0. The van der Waals surface area contributed by atoms with Crippen LogP contribution in [-0.4, -0.2) is 20.1 Å². The quantitative estimate of drug-likeness (QED) is 0.854. The zero-order valence-corrected chi connectivity index (χ0v) is 11.3. The van der Waals surface area contributed by atoms with Crippen molar-refractivity contribution in [2.45, 2.75) is 33.1 Å². The van der Waals surface area contributed by atoms with Crippen LogP contribution < -0.4 is 10.2 Å². The number of hydrogen-bond acceptors (Lipinski definition) is 2. The zero-order valence-electron chi connectivity index (χ0n) is 11.3. The van der Waals surface area contributed by atoms with E-state index in [1.165, 1.54) is 36.2 Å². The minimum absolute atomic E-state index is 0.749. The fourth-order valence-electron chi connectivity index (χ4n) is 2.50. The molecule has 2 rings (SSSR count). The average molecular weight is 232 g/mol. The molecule has 2 nitrogen and oxygen atoms in total. The van der Waals surface area contributed by atoms with Gasteiger partial charge >= 0.3 is 0 Å². The Hall–Kier alpha value is -1.18. The van der Waals surface area contributed by atoms with Crippen LogP contribution in [0.4, 0.5) is 11.4 Å². The Morgan fingerprint density at radius 1 is 1.41 bits per heavy atom. The summed E-state index contributed by atoms with van der Waals surface area (Å²) in [4.78, 5) is 2.39. The van der Waals surface area contributed by atoms with Crippen LogP contribution in [0.2, 0.25) is 0 Å². The lowest BCUT2D eigenvalue weighted by molar-refractivity contribution is 0.560. The molecule has 0 amide bonds. The van der Waals surface area contributed by atoms with Gasteiger partial charge in [0.2, 0.25) is 0 Å². The van der Waals surface area contributed by atoms with Gasteiger partial charge in [0, 0.05) is 20.1 Å². The molecule has 0 saturated heterocycles. The molecule has 0 bridgehead atoms. The molecule has 17 heavy (non-hydrogen) atoms. The molecule has 2 heteroatoms. The Morgan fingerprint density at radius 2 is 2.24 bits per heavy atom. The second kappa shape index (κ2) is 5.44. The van der Waals surface area contributed by atoms with Crippen molar-refractivity contribution in [2.24, 2.45) is 5.92 Å². The van der Waals surface area contributed by atoms with E-state index in [1.807, 2.05) is 0 Å². The minimum Gasteiger partial charge on any atom is -0.383 e. The normalized spacial score (nSPS) is 15.9. The first-order chi connectivity index (χ1) is 8.22. The lowest BCUT2D eigenvalue weighted by atomic mass is 10.0. The molecule has 1 aliphatic heterocycles. The third-order valence-corrected chi connectivity index (χ3v) is 3.75. The topological polar surface area (TPSA) is 15.3 Å². The van der Waals surface area contributed by atoms with Crippen molar-refractivity contribution in [3.05, 3.63) is 23.8 Å². The molecule has 0 saturated carbocycles. The van der Waals surface area contributed by atoms with Gasteiger partial charge in [-0.3, -0.25) is 0 Å². The second-order valence-electron chi connectivity index (χ2n) is 5.24. The Labute approximate surface area is 105 Å². The lowest BCUT2D eigenvalue weighted by Crippen LogP contribution is -2.26. The first-order valence-electron chi connectivity index (χ1n) is 6.79. The molecule has 1 N–H and O–H groups in total. The molecule has 1 unspecified atom stereocenters. The first-order valence-corrected chi connectivity index (χ1v) is 6.79.